The third-order valence-corrected chi connectivity index (χ3v) is 3.87. The zero-order valence-electron chi connectivity index (χ0n) is 13.9. The van der Waals surface area contributed by atoms with Crippen molar-refractivity contribution in [2.24, 2.45) is 0 Å². The molecule has 2 aromatic heterocycles. The Bertz CT molecular complexity index is 1050. The van der Waals surface area contributed by atoms with Crippen molar-refractivity contribution < 1.29 is 13.2 Å². The number of hydrogen-bond donors (Lipinski definition) is 3. The largest absolute Gasteiger partial charge is 0.319 e. The number of nitrogens with one attached hydrogen (secondary N) is 3. The normalized spacial score (nSPS) is 11.2. The van der Waals surface area contributed by atoms with Crippen LogP contribution in [0.3, 0.4) is 0 Å². The number of sulfonamides is 1. The maximum absolute atomic E-state index is 12.5. The maximum atomic E-state index is 12.5. The molecule has 0 saturated carbocycles. The molecular formula is C15H15N7O3S. The summed E-state index contributed by atoms with van der Waals surface area (Å²) in [7, 11) is -3.49. The van der Waals surface area contributed by atoms with Crippen LogP contribution in [-0.2, 0) is 10.0 Å². The number of pyridine rings is 1. The molecule has 0 aliphatic heterocycles. The molecule has 0 aliphatic rings. The van der Waals surface area contributed by atoms with E-state index in [0.717, 1.165) is 11.8 Å². The quantitative estimate of drug-likeness (QED) is 0.609. The van der Waals surface area contributed by atoms with Crippen molar-refractivity contribution in [1.29, 1.82) is 0 Å². The summed E-state index contributed by atoms with van der Waals surface area (Å²) in [5.41, 5.74) is 1.95. The number of H-pyrrole nitrogens is 1. The van der Waals surface area contributed by atoms with Crippen LogP contribution >= 0.6 is 0 Å². The van der Waals surface area contributed by atoms with Gasteiger partial charge in [0.15, 0.2) is 0 Å². The van der Waals surface area contributed by atoms with Crippen LogP contribution in [0.2, 0.25) is 0 Å². The van der Waals surface area contributed by atoms with Crippen LogP contribution in [0.1, 0.15) is 16.1 Å². The van der Waals surface area contributed by atoms with Gasteiger partial charge in [-0.05, 0) is 42.0 Å². The van der Waals surface area contributed by atoms with E-state index in [1.54, 1.807) is 30.3 Å². The van der Waals surface area contributed by atoms with E-state index in [1.165, 1.54) is 6.07 Å². The molecule has 1 amide bonds. The van der Waals surface area contributed by atoms with Crippen molar-refractivity contribution in [3.05, 3.63) is 47.7 Å². The summed E-state index contributed by atoms with van der Waals surface area (Å²) in [6.45, 7) is 1.83. The average molecular weight is 373 g/mol. The fourth-order valence-electron chi connectivity index (χ4n) is 2.19. The number of anilines is 2. The van der Waals surface area contributed by atoms with Gasteiger partial charge in [-0.25, -0.2) is 13.4 Å². The van der Waals surface area contributed by atoms with E-state index in [-0.39, 0.29) is 17.2 Å². The third-order valence-electron chi connectivity index (χ3n) is 3.27. The fourth-order valence-corrected chi connectivity index (χ4v) is 2.77. The van der Waals surface area contributed by atoms with Crippen LogP contribution in [0.25, 0.3) is 11.5 Å². The first kappa shape index (κ1) is 17.5. The molecule has 11 heteroatoms. The second-order valence-electron chi connectivity index (χ2n) is 5.52. The number of aryl methyl sites for hydroxylation is 1. The Balaban J connectivity index is 1.89. The van der Waals surface area contributed by atoms with E-state index in [2.05, 4.69) is 35.6 Å². The predicted molar refractivity (Wildman–Crippen MR) is 95.0 cm³/mol. The molecule has 1 aromatic carbocycles. The highest BCUT2D eigenvalue weighted by atomic mass is 32.2. The van der Waals surface area contributed by atoms with Crippen molar-refractivity contribution in [2.75, 3.05) is 16.3 Å². The zero-order chi connectivity index (χ0) is 18.7. The monoisotopic (exact) mass is 373 g/mol. The Labute approximate surface area is 149 Å². The van der Waals surface area contributed by atoms with E-state index < -0.39 is 15.9 Å². The maximum Gasteiger partial charge on any atom is 0.274 e. The van der Waals surface area contributed by atoms with Gasteiger partial charge in [0.1, 0.15) is 11.4 Å². The summed E-state index contributed by atoms with van der Waals surface area (Å²) in [4.78, 5) is 16.8. The molecule has 2 heterocycles. The fraction of sp³-hybridized carbons (Fsp3) is 0.133. The summed E-state index contributed by atoms with van der Waals surface area (Å²) in [5.74, 6) is -0.243. The van der Waals surface area contributed by atoms with Gasteiger partial charge in [-0.15, -0.1) is 10.2 Å². The van der Waals surface area contributed by atoms with Gasteiger partial charge < -0.3 is 5.32 Å². The lowest BCUT2D eigenvalue weighted by atomic mass is 10.2. The van der Waals surface area contributed by atoms with Crippen molar-refractivity contribution in [3.8, 4) is 11.5 Å². The molecule has 3 N–H and O–H groups in total. The first-order valence-corrected chi connectivity index (χ1v) is 9.31. The molecule has 0 fully saturated rings. The van der Waals surface area contributed by atoms with Gasteiger partial charge in [0.05, 0.1) is 17.6 Å². The summed E-state index contributed by atoms with van der Waals surface area (Å²) in [5, 5.41) is 16.1. The number of amides is 1. The predicted octanol–water partition coefficient (Wildman–Crippen LogP) is 1.19. The van der Waals surface area contributed by atoms with Crippen molar-refractivity contribution in [1.82, 2.24) is 25.6 Å². The SMILES string of the molecule is Cc1ccc(NS(C)(=O)=O)c(NC(=O)c2cccc(-c3nn[nH]n3)n2)c1. The van der Waals surface area contributed by atoms with E-state index >= 15 is 0 Å². The first-order valence-electron chi connectivity index (χ1n) is 7.42. The number of aromatic nitrogens is 5. The standard InChI is InChI=1S/C15H15N7O3S/c1-9-6-7-10(20-26(2,24)25)13(8-9)17-15(23)12-5-3-4-11(16-12)14-18-21-22-19-14/h3-8,20H,1-2H3,(H,17,23)(H,18,19,21,22). The smallest absolute Gasteiger partial charge is 0.274 e. The second kappa shape index (κ2) is 6.88. The summed E-state index contributed by atoms with van der Waals surface area (Å²) >= 11 is 0. The van der Waals surface area contributed by atoms with Crippen molar-refractivity contribution in [2.45, 2.75) is 6.92 Å². The molecule has 0 spiro atoms. The molecular weight excluding hydrogens is 358 g/mol. The summed E-state index contributed by atoms with van der Waals surface area (Å²) < 4.78 is 25.4. The molecule has 0 aliphatic carbocycles. The number of tetrazole rings is 1. The molecule has 0 unspecified atom stereocenters. The zero-order valence-corrected chi connectivity index (χ0v) is 14.7. The molecule has 0 saturated heterocycles. The lowest BCUT2D eigenvalue weighted by molar-refractivity contribution is 0.102. The summed E-state index contributed by atoms with van der Waals surface area (Å²) in [6, 6.07) is 9.78. The number of nitrogens with zero attached hydrogens (tertiary/aromatic N) is 4. The Morgan fingerprint density at radius 1 is 1.15 bits per heavy atom. The minimum absolute atomic E-state index is 0.124. The second-order valence-corrected chi connectivity index (χ2v) is 7.27. The highest BCUT2D eigenvalue weighted by molar-refractivity contribution is 7.92. The van der Waals surface area contributed by atoms with Gasteiger partial charge in [-0.2, -0.15) is 5.21 Å². The number of benzene rings is 1. The molecule has 3 aromatic rings. The number of hydrogen-bond acceptors (Lipinski definition) is 7. The molecule has 3 rings (SSSR count). The number of rotatable bonds is 5. The number of aromatic amines is 1. The number of carbonyl (C=O) groups excluding carboxylic acids is 1. The Morgan fingerprint density at radius 2 is 1.96 bits per heavy atom. The van der Waals surface area contributed by atoms with E-state index in [0.29, 0.717) is 11.4 Å². The first-order chi connectivity index (χ1) is 12.3. The van der Waals surface area contributed by atoms with Crippen LogP contribution in [0.4, 0.5) is 11.4 Å². The van der Waals surface area contributed by atoms with Crippen LogP contribution in [0.5, 0.6) is 0 Å². The molecule has 134 valence electrons. The van der Waals surface area contributed by atoms with E-state index in [4.69, 9.17) is 0 Å². The summed E-state index contributed by atoms with van der Waals surface area (Å²) in [6.07, 6.45) is 1.04. The average Bonchev–Trinajstić information content (AvgIpc) is 3.11. The van der Waals surface area contributed by atoms with Gasteiger partial charge in [0, 0.05) is 0 Å². The third kappa shape index (κ3) is 4.19. The van der Waals surface area contributed by atoms with Gasteiger partial charge in [-0.3, -0.25) is 9.52 Å². The van der Waals surface area contributed by atoms with Crippen LogP contribution in [0, 0.1) is 6.92 Å². The Hall–Kier alpha value is -3.34. The Morgan fingerprint density at radius 3 is 2.65 bits per heavy atom. The minimum Gasteiger partial charge on any atom is -0.319 e. The molecule has 0 atom stereocenters. The van der Waals surface area contributed by atoms with Crippen molar-refractivity contribution in [3.63, 3.8) is 0 Å². The molecule has 26 heavy (non-hydrogen) atoms. The van der Waals surface area contributed by atoms with Crippen molar-refractivity contribution >= 4 is 27.3 Å². The lowest BCUT2D eigenvalue weighted by Crippen LogP contribution is -2.17. The topological polar surface area (TPSA) is 143 Å². The van der Waals surface area contributed by atoms with Crippen LogP contribution in [0.15, 0.2) is 36.4 Å². The highest BCUT2D eigenvalue weighted by Crippen LogP contribution is 2.24. The molecule has 10 nitrogen and oxygen atoms in total. The minimum atomic E-state index is -3.49. The van der Waals surface area contributed by atoms with Crippen LogP contribution in [-0.4, -0.2) is 46.2 Å². The van der Waals surface area contributed by atoms with Gasteiger partial charge in [0.2, 0.25) is 15.8 Å². The molecule has 0 radical (unpaired) electrons. The lowest BCUT2D eigenvalue weighted by Gasteiger charge is -2.13. The molecule has 0 bridgehead atoms. The van der Waals surface area contributed by atoms with Crippen LogP contribution < -0.4 is 10.0 Å². The van der Waals surface area contributed by atoms with E-state index in [9.17, 15) is 13.2 Å². The Kier molecular flexibility index (Phi) is 4.63. The van der Waals surface area contributed by atoms with Gasteiger partial charge in [0.25, 0.3) is 5.91 Å². The van der Waals surface area contributed by atoms with Gasteiger partial charge >= 0.3 is 0 Å². The highest BCUT2D eigenvalue weighted by Gasteiger charge is 2.14. The van der Waals surface area contributed by atoms with Gasteiger partial charge in [-0.1, -0.05) is 12.1 Å². The van der Waals surface area contributed by atoms with E-state index in [1.807, 2.05) is 6.92 Å². The number of carbonyl (C=O) groups is 1.